The minimum atomic E-state index is -0.268. The van der Waals surface area contributed by atoms with Gasteiger partial charge in [0.25, 0.3) is 11.5 Å². The van der Waals surface area contributed by atoms with E-state index in [4.69, 9.17) is 4.74 Å². The second-order valence-corrected chi connectivity index (χ2v) is 9.91. The van der Waals surface area contributed by atoms with Gasteiger partial charge in [0, 0.05) is 28.3 Å². The Morgan fingerprint density at radius 2 is 1.89 bits per heavy atom. The van der Waals surface area contributed by atoms with Gasteiger partial charge in [-0.25, -0.2) is 0 Å². The summed E-state index contributed by atoms with van der Waals surface area (Å²) in [6.45, 7) is 10.1. The van der Waals surface area contributed by atoms with E-state index in [0.717, 1.165) is 42.5 Å². The first kappa shape index (κ1) is 25.7. The van der Waals surface area contributed by atoms with Gasteiger partial charge in [-0.05, 0) is 71.7 Å². The number of hydrogen-bond acceptors (Lipinski definition) is 5. The minimum absolute atomic E-state index is 0.0702. The summed E-state index contributed by atoms with van der Waals surface area (Å²) >= 11 is 0. The smallest absolute Gasteiger partial charge is 0.256 e. The minimum Gasteiger partial charge on any atom is -0.496 e. The molecule has 3 heterocycles. The second-order valence-electron chi connectivity index (χ2n) is 9.91. The Morgan fingerprint density at radius 3 is 2.56 bits per heavy atom. The van der Waals surface area contributed by atoms with E-state index >= 15 is 0 Å². The number of aryl methyl sites for hydroxylation is 1. The number of aromatic amines is 1. The van der Waals surface area contributed by atoms with Gasteiger partial charge in [-0.2, -0.15) is 0 Å². The number of pyridine rings is 1. The van der Waals surface area contributed by atoms with Crippen molar-refractivity contribution in [3.8, 4) is 5.75 Å². The van der Waals surface area contributed by atoms with Crippen molar-refractivity contribution in [2.45, 2.75) is 53.1 Å². The van der Waals surface area contributed by atoms with Gasteiger partial charge in [0.1, 0.15) is 11.5 Å². The maximum atomic E-state index is 13.5. The van der Waals surface area contributed by atoms with E-state index in [1.807, 2.05) is 25.1 Å². The van der Waals surface area contributed by atoms with Crippen LogP contribution in [0, 0.1) is 19.8 Å². The lowest BCUT2D eigenvalue weighted by molar-refractivity contribution is -0.118. The van der Waals surface area contributed by atoms with Crippen LogP contribution in [0.15, 0.2) is 35.1 Å². The fraction of sp³-hybridized carbons (Fsp3) is 0.464. The summed E-state index contributed by atoms with van der Waals surface area (Å²) in [4.78, 5) is 42.5. The fourth-order valence-corrected chi connectivity index (χ4v) is 5.61. The Hall–Kier alpha value is -3.39. The summed E-state index contributed by atoms with van der Waals surface area (Å²) < 4.78 is 7.66. The molecule has 0 aliphatic carbocycles. The molecule has 0 bridgehead atoms. The average Bonchev–Trinajstić information content (AvgIpc) is 3.14. The van der Waals surface area contributed by atoms with Crippen molar-refractivity contribution in [2.75, 3.05) is 26.7 Å². The van der Waals surface area contributed by atoms with Crippen molar-refractivity contribution in [2.24, 2.45) is 5.92 Å². The lowest BCUT2D eigenvalue weighted by Crippen LogP contribution is -2.38. The molecule has 4 rings (SSSR count). The highest BCUT2D eigenvalue weighted by molar-refractivity contribution is 6.08. The van der Waals surface area contributed by atoms with Crippen LogP contribution in [-0.2, 0) is 11.3 Å². The molecule has 8 heteroatoms. The normalized spacial score (nSPS) is 15.7. The van der Waals surface area contributed by atoms with Crippen LogP contribution in [0.25, 0.3) is 10.9 Å². The summed E-state index contributed by atoms with van der Waals surface area (Å²) in [5, 5.41) is 3.85. The number of nitrogens with zero attached hydrogens (tertiary/aromatic N) is 2. The Bertz CT molecular complexity index is 1330. The van der Waals surface area contributed by atoms with Gasteiger partial charge in [-0.15, -0.1) is 0 Å². The van der Waals surface area contributed by atoms with Crippen LogP contribution in [0.1, 0.15) is 60.0 Å². The molecule has 1 unspecified atom stereocenters. The summed E-state index contributed by atoms with van der Waals surface area (Å²) in [7, 11) is 1.52. The van der Waals surface area contributed by atoms with Crippen LogP contribution < -0.4 is 15.6 Å². The molecular weight excluding hydrogens is 456 g/mol. The number of fused-ring (bicyclic) bond motifs is 1. The number of para-hydroxylation sites is 1. The van der Waals surface area contributed by atoms with Crippen LogP contribution in [0.5, 0.6) is 5.75 Å². The average molecular weight is 493 g/mol. The predicted molar refractivity (Wildman–Crippen MR) is 141 cm³/mol. The molecule has 0 radical (unpaired) electrons. The van der Waals surface area contributed by atoms with E-state index in [1.165, 1.54) is 7.11 Å². The quantitative estimate of drug-likeness (QED) is 0.499. The molecule has 0 saturated carbocycles. The summed E-state index contributed by atoms with van der Waals surface area (Å²) in [5.74, 6) is 0.900. The van der Waals surface area contributed by atoms with Gasteiger partial charge in [0.15, 0.2) is 0 Å². The number of piperidine rings is 1. The van der Waals surface area contributed by atoms with Crippen molar-refractivity contribution in [1.82, 2.24) is 19.8 Å². The number of aromatic nitrogens is 2. The van der Waals surface area contributed by atoms with E-state index in [9.17, 15) is 14.4 Å². The zero-order valence-electron chi connectivity index (χ0n) is 21.8. The van der Waals surface area contributed by atoms with E-state index in [0.29, 0.717) is 35.0 Å². The van der Waals surface area contributed by atoms with Gasteiger partial charge in [0.2, 0.25) is 0 Å². The first-order valence-corrected chi connectivity index (χ1v) is 12.6. The molecule has 1 fully saturated rings. The van der Waals surface area contributed by atoms with Crippen molar-refractivity contribution in [1.29, 1.82) is 0 Å². The lowest BCUT2D eigenvalue weighted by atomic mass is 9.90. The number of methoxy groups -OCH3 is 1. The van der Waals surface area contributed by atoms with Crippen LogP contribution in [0.4, 0.5) is 0 Å². The van der Waals surface area contributed by atoms with Crippen LogP contribution in [0.2, 0.25) is 0 Å². The molecule has 2 aromatic heterocycles. The molecule has 1 atom stereocenters. The number of benzene rings is 1. The third kappa shape index (κ3) is 5.09. The molecule has 1 aliphatic heterocycles. The summed E-state index contributed by atoms with van der Waals surface area (Å²) in [5.41, 5.74) is 3.40. The highest BCUT2D eigenvalue weighted by Gasteiger charge is 2.29. The molecule has 36 heavy (non-hydrogen) atoms. The van der Waals surface area contributed by atoms with Gasteiger partial charge in [-0.1, -0.05) is 18.2 Å². The number of Topliss-reactive ketones (excluding diaryl/α,β-unsaturated/α-hetero) is 1. The standard InChI is InChI=1S/C28H36N4O4/c1-17-14-25(36-5)23(27(34)30-17)15-29-28(35)26-20(4)32(24-9-7-6-8-22(24)26)19(3)21-10-12-31(13-11-21)16-18(2)33/h6-9,14,19,21H,10-13,15-16H2,1-5H3,(H,29,35)(H,30,34). The largest absolute Gasteiger partial charge is 0.496 e. The molecule has 1 aromatic carbocycles. The third-order valence-electron chi connectivity index (χ3n) is 7.43. The first-order valence-electron chi connectivity index (χ1n) is 12.6. The predicted octanol–water partition coefficient (Wildman–Crippen LogP) is 3.75. The highest BCUT2D eigenvalue weighted by Crippen LogP contribution is 2.35. The number of H-pyrrole nitrogens is 1. The number of likely N-dealkylation sites (tertiary alicyclic amines) is 1. The second kappa shape index (κ2) is 10.7. The van der Waals surface area contributed by atoms with Gasteiger partial charge in [0.05, 0.1) is 31.3 Å². The zero-order chi connectivity index (χ0) is 26.0. The van der Waals surface area contributed by atoms with Crippen molar-refractivity contribution >= 4 is 22.6 Å². The number of ether oxygens (including phenoxy) is 1. The highest BCUT2D eigenvalue weighted by atomic mass is 16.5. The topological polar surface area (TPSA) is 96.4 Å². The van der Waals surface area contributed by atoms with Crippen molar-refractivity contribution in [3.05, 3.63) is 63.2 Å². The van der Waals surface area contributed by atoms with E-state index in [-0.39, 0.29) is 29.8 Å². The molecule has 0 spiro atoms. The van der Waals surface area contributed by atoms with Crippen LogP contribution >= 0.6 is 0 Å². The van der Waals surface area contributed by atoms with Crippen LogP contribution in [-0.4, -0.2) is 52.9 Å². The third-order valence-corrected chi connectivity index (χ3v) is 7.43. The maximum Gasteiger partial charge on any atom is 0.256 e. The first-order chi connectivity index (χ1) is 17.2. The summed E-state index contributed by atoms with van der Waals surface area (Å²) in [6, 6.07) is 9.95. The Labute approximate surface area is 211 Å². The molecule has 1 saturated heterocycles. The van der Waals surface area contributed by atoms with E-state index < -0.39 is 0 Å². The number of nitrogens with one attached hydrogen (secondary N) is 2. The van der Waals surface area contributed by atoms with Gasteiger partial charge in [-0.3, -0.25) is 19.3 Å². The fourth-order valence-electron chi connectivity index (χ4n) is 5.61. The molecule has 192 valence electrons. The molecule has 8 nitrogen and oxygen atoms in total. The zero-order valence-corrected chi connectivity index (χ0v) is 21.8. The van der Waals surface area contributed by atoms with E-state index in [2.05, 4.69) is 32.8 Å². The lowest BCUT2D eigenvalue weighted by Gasteiger charge is -2.35. The summed E-state index contributed by atoms with van der Waals surface area (Å²) in [6.07, 6.45) is 2.02. The molecule has 3 aromatic rings. The number of amides is 1. The molecule has 1 amide bonds. The molecular formula is C28H36N4O4. The molecule has 1 aliphatic rings. The number of rotatable bonds is 8. The van der Waals surface area contributed by atoms with Gasteiger partial charge < -0.3 is 19.6 Å². The molecule has 2 N–H and O–H groups in total. The Kier molecular flexibility index (Phi) is 7.64. The van der Waals surface area contributed by atoms with Crippen molar-refractivity contribution in [3.63, 3.8) is 0 Å². The Balaban J connectivity index is 1.59. The monoisotopic (exact) mass is 492 g/mol. The maximum absolute atomic E-state index is 13.5. The number of carbonyl (C=O) groups excluding carboxylic acids is 2. The van der Waals surface area contributed by atoms with Crippen LogP contribution in [0.3, 0.4) is 0 Å². The van der Waals surface area contributed by atoms with Crippen molar-refractivity contribution < 1.29 is 14.3 Å². The van der Waals surface area contributed by atoms with E-state index in [1.54, 1.807) is 19.9 Å². The number of carbonyl (C=O) groups is 2. The SMILES string of the molecule is COc1cc(C)[nH]c(=O)c1CNC(=O)c1c(C)n(C(C)C2CCN(CC(C)=O)CC2)c2ccccc12. The number of ketones is 1. The Morgan fingerprint density at radius 1 is 1.19 bits per heavy atom. The van der Waals surface area contributed by atoms with Gasteiger partial charge >= 0.3 is 0 Å². The number of hydrogen-bond donors (Lipinski definition) is 2.